The smallest absolute Gasteiger partial charge is 0.0735 e. The molecule has 2 rings (SSSR count). The summed E-state index contributed by atoms with van der Waals surface area (Å²) in [6.45, 7) is 1.01. The average molecular weight is 177 g/mol. The molecular formula is C11H15NO. The lowest BCUT2D eigenvalue weighted by Gasteiger charge is -2.29. The van der Waals surface area contributed by atoms with Crippen molar-refractivity contribution in [3.8, 4) is 0 Å². The molecule has 0 unspecified atom stereocenters. The van der Waals surface area contributed by atoms with E-state index in [2.05, 4.69) is 17.4 Å². The van der Waals surface area contributed by atoms with Crippen LogP contribution in [0.3, 0.4) is 0 Å². The maximum Gasteiger partial charge on any atom is 0.0735 e. The van der Waals surface area contributed by atoms with Gasteiger partial charge in [-0.3, -0.25) is 0 Å². The lowest BCUT2D eigenvalue weighted by molar-refractivity contribution is 0.0965. The molecule has 2 nitrogen and oxygen atoms in total. The van der Waals surface area contributed by atoms with Crippen molar-refractivity contribution in [3.63, 3.8) is 0 Å². The molecule has 0 aliphatic carbocycles. The Hall–Kier alpha value is -0.860. The third-order valence-electron chi connectivity index (χ3n) is 2.58. The monoisotopic (exact) mass is 177 g/mol. The summed E-state index contributed by atoms with van der Waals surface area (Å²) in [5.74, 6) is 0. The quantitative estimate of drug-likeness (QED) is 0.681. The second kappa shape index (κ2) is 3.90. The number of piperidine rings is 1. The standard InChI is InChI=1S/C11H15NO/c13-10-7-4-8-12-11(10)9-5-2-1-3-6-9/h1-3,5-6,10-13H,4,7-8H2/t10-,11+/m1/s1. The Labute approximate surface area is 78.6 Å². The molecule has 0 aromatic heterocycles. The van der Waals surface area contributed by atoms with Crippen molar-refractivity contribution in [3.05, 3.63) is 35.9 Å². The fourth-order valence-electron chi connectivity index (χ4n) is 1.87. The summed E-state index contributed by atoms with van der Waals surface area (Å²) >= 11 is 0. The number of nitrogens with one attached hydrogen (secondary N) is 1. The molecule has 0 spiro atoms. The molecule has 1 aromatic rings. The van der Waals surface area contributed by atoms with Crippen LogP contribution in [0.2, 0.25) is 0 Å². The van der Waals surface area contributed by atoms with E-state index in [-0.39, 0.29) is 12.1 Å². The van der Waals surface area contributed by atoms with Crippen LogP contribution < -0.4 is 5.32 Å². The van der Waals surface area contributed by atoms with Crippen molar-refractivity contribution in [2.45, 2.75) is 25.0 Å². The van der Waals surface area contributed by atoms with Gasteiger partial charge in [0.2, 0.25) is 0 Å². The number of hydrogen-bond acceptors (Lipinski definition) is 2. The second-order valence-corrected chi connectivity index (χ2v) is 3.55. The van der Waals surface area contributed by atoms with Gasteiger partial charge in [0, 0.05) is 0 Å². The second-order valence-electron chi connectivity index (χ2n) is 3.55. The Morgan fingerprint density at radius 2 is 2.00 bits per heavy atom. The summed E-state index contributed by atoms with van der Waals surface area (Å²) in [5.41, 5.74) is 1.19. The van der Waals surface area contributed by atoms with E-state index in [9.17, 15) is 5.11 Å². The number of aliphatic hydroxyl groups is 1. The zero-order valence-corrected chi connectivity index (χ0v) is 7.61. The van der Waals surface area contributed by atoms with Gasteiger partial charge in [0.15, 0.2) is 0 Å². The molecule has 2 heteroatoms. The van der Waals surface area contributed by atoms with Crippen molar-refractivity contribution in [2.75, 3.05) is 6.54 Å². The predicted octanol–water partition coefficient (Wildman–Crippen LogP) is 1.47. The molecule has 0 radical (unpaired) electrons. The van der Waals surface area contributed by atoms with Gasteiger partial charge in [-0.2, -0.15) is 0 Å². The minimum atomic E-state index is -0.226. The maximum absolute atomic E-state index is 9.76. The van der Waals surface area contributed by atoms with Gasteiger partial charge in [0.05, 0.1) is 12.1 Å². The summed E-state index contributed by atoms with van der Waals surface area (Å²) in [6.07, 6.45) is 1.76. The summed E-state index contributed by atoms with van der Waals surface area (Å²) in [7, 11) is 0. The first kappa shape index (κ1) is 8.73. The minimum absolute atomic E-state index is 0.134. The van der Waals surface area contributed by atoms with Crippen LogP contribution >= 0.6 is 0 Å². The SMILES string of the molecule is O[C@@H]1CCCN[C@H]1c1ccccc1. The lowest BCUT2D eigenvalue weighted by atomic mass is 9.95. The van der Waals surface area contributed by atoms with Crippen molar-refractivity contribution in [1.82, 2.24) is 5.32 Å². The van der Waals surface area contributed by atoms with Gasteiger partial charge in [0.1, 0.15) is 0 Å². The van der Waals surface area contributed by atoms with Crippen LogP contribution in [0.15, 0.2) is 30.3 Å². The van der Waals surface area contributed by atoms with E-state index >= 15 is 0 Å². The van der Waals surface area contributed by atoms with Crippen LogP contribution in [0.4, 0.5) is 0 Å². The summed E-state index contributed by atoms with van der Waals surface area (Å²) in [4.78, 5) is 0. The Bertz CT molecular complexity index is 260. The predicted molar refractivity (Wildman–Crippen MR) is 52.4 cm³/mol. The lowest BCUT2D eigenvalue weighted by Crippen LogP contribution is -2.37. The number of hydrogen-bond donors (Lipinski definition) is 2. The van der Waals surface area contributed by atoms with Crippen molar-refractivity contribution < 1.29 is 5.11 Å². The Balaban J connectivity index is 2.15. The molecule has 1 aromatic carbocycles. The number of aliphatic hydroxyl groups excluding tert-OH is 1. The van der Waals surface area contributed by atoms with Crippen LogP contribution in [0.25, 0.3) is 0 Å². The van der Waals surface area contributed by atoms with Crippen molar-refractivity contribution >= 4 is 0 Å². The van der Waals surface area contributed by atoms with Crippen LogP contribution in [0, 0.1) is 0 Å². The highest BCUT2D eigenvalue weighted by Crippen LogP contribution is 2.22. The van der Waals surface area contributed by atoms with Gasteiger partial charge in [-0.25, -0.2) is 0 Å². The highest BCUT2D eigenvalue weighted by atomic mass is 16.3. The normalized spacial score (nSPS) is 28.7. The largest absolute Gasteiger partial charge is 0.391 e. The first-order valence-electron chi connectivity index (χ1n) is 4.84. The molecule has 0 saturated carbocycles. The van der Waals surface area contributed by atoms with Gasteiger partial charge in [-0.15, -0.1) is 0 Å². The molecule has 1 fully saturated rings. The minimum Gasteiger partial charge on any atom is -0.391 e. The van der Waals surface area contributed by atoms with Crippen molar-refractivity contribution in [1.29, 1.82) is 0 Å². The van der Waals surface area contributed by atoms with Crippen LogP contribution in [0.5, 0.6) is 0 Å². The van der Waals surface area contributed by atoms with Crippen molar-refractivity contribution in [2.24, 2.45) is 0 Å². The highest BCUT2D eigenvalue weighted by molar-refractivity contribution is 5.20. The van der Waals surface area contributed by atoms with E-state index < -0.39 is 0 Å². The molecule has 1 saturated heterocycles. The van der Waals surface area contributed by atoms with E-state index in [1.54, 1.807) is 0 Å². The van der Waals surface area contributed by atoms with E-state index in [1.165, 1.54) is 5.56 Å². The van der Waals surface area contributed by atoms with Gasteiger partial charge >= 0.3 is 0 Å². The Kier molecular flexibility index (Phi) is 2.62. The Morgan fingerprint density at radius 3 is 2.69 bits per heavy atom. The molecule has 1 aliphatic heterocycles. The fraction of sp³-hybridized carbons (Fsp3) is 0.455. The molecule has 70 valence electrons. The van der Waals surface area contributed by atoms with E-state index in [0.29, 0.717) is 0 Å². The zero-order chi connectivity index (χ0) is 9.10. The summed E-state index contributed by atoms with van der Waals surface area (Å²) < 4.78 is 0. The molecule has 2 N–H and O–H groups in total. The Morgan fingerprint density at radius 1 is 1.23 bits per heavy atom. The van der Waals surface area contributed by atoms with Gasteiger partial charge in [0.25, 0.3) is 0 Å². The average Bonchev–Trinajstić information content (AvgIpc) is 2.20. The highest BCUT2D eigenvalue weighted by Gasteiger charge is 2.23. The first-order chi connectivity index (χ1) is 6.38. The maximum atomic E-state index is 9.76. The first-order valence-corrected chi connectivity index (χ1v) is 4.84. The molecule has 0 amide bonds. The fourth-order valence-corrected chi connectivity index (χ4v) is 1.87. The van der Waals surface area contributed by atoms with E-state index in [1.807, 2.05) is 18.2 Å². The van der Waals surface area contributed by atoms with Gasteiger partial charge in [-0.05, 0) is 24.9 Å². The number of benzene rings is 1. The topological polar surface area (TPSA) is 32.3 Å². The molecule has 0 bridgehead atoms. The third kappa shape index (κ3) is 1.90. The summed E-state index contributed by atoms with van der Waals surface area (Å²) in [6, 6.07) is 10.3. The molecular weight excluding hydrogens is 162 g/mol. The van der Waals surface area contributed by atoms with Gasteiger partial charge in [-0.1, -0.05) is 30.3 Å². The summed E-state index contributed by atoms with van der Waals surface area (Å²) in [5, 5.41) is 13.1. The molecule has 1 aliphatic rings. The van der Waals surface area contributed by atoms with Crippen LogP contribution in [0.1, 0.15) is 24.4 Å². The van der Waals surface area contributed by atoms with Crippen LogP contribution in [-0.2, 0) is 0 Å². The van der Waals surface area contributed by atoms with Gasteiger partial charge < -0.3 is 10.4 Å². The number of rotatable bonds is 1. The molecule has 1 heterocycles. The van der Waals surface area contributed by atoms with Crippen LogP contribution in [-0.4, -0.2) is 17.8 Å². The van der Waals surface area contributed by atoms with E-state index in [4.69, 9.17) is 0 Å². The zero-order valence-electron chi connectivity index (χ0n) is 7.61. The molecule has 13 heavy (non-hydrogen) atoms. The molecule has 2 atom stereocenters. The third-order valence-corrected chi connectivity index (χ3v) is 2.58. The van der Waals surface area contributed by atoms with E-state index in [0.717, 1.165) is 19.4 Å².